The quantitative estimate of drug-likeness (QED) is 0.579. The molecular weight excluding hydrogens is 389 g/mol. The molecule has 3 N–H and O–H groups in total. The molecule has 0 saturated carbocycles. The third kappa shape index (κ3) is 3.22. The maximum Gasteiger partial charge on any atom is 0.408 e. The van der Waals surface area contributed by atoms with E-state index in [0.717, 1.165) is 21.4 Å². The van der Waals surface area contributed by atoms with Crippen molar-refractivity contribution in [3.05, 3.63) is 63.8 Å². The smallest absolute Gasteiger partial charge is 0.408 e. The summed E-state index contributed by atoms with van der Waals surface area (Å²) in [4.78, 5) is 29.1. The molecule has 27 heavy (non-hydrogen) atoms. The van der Waals surface area contributed by atoms with Gasteiger partial charge in [0, 0.05) is 33.2 Å². The number of anilines is 1. The molecule has 0 aliphatic carbocycles. The fourth-order valence-electron chi connectivity index (χ4n) is 3.48. The van der Waals surface area contributed by atoms with E-state index >= 15 is 0 Å². The zero-order valence-corrected chi connectivity index (χ0v) is 15.5. The van der Waals surface area contributed by atoms with Gasteiger partial charge in [-0.3, -0.25) is 9.69 Å². The van der Waals surface area contributed by atoms with Crippen LogP contribution in [0.25, 0.3) is 10.9 Å². The van der Waals surface area contributed by atoms with Crippen LogP contribution in [-0.4, -0.2) is 33.5 Å². The number of nitrogens with zero attached hydrogens (tertiary/aromatic N) is 1. The van der Waals surface area contributed by atoms with E-state index in [1.54, 1.807) is 30.3 Å². The van der Waals surface area contributed by atoms with E-state index < -0.39 is 18.0 Å². The summed E-state index contributed by atoms with van der Waals surface area (Å²) in [6.07, 6.45) is -0.638. The van der Waals surface area contributed by atoms with Gasteiger partial charge >= 0.3 is 6.09 Å². The summed E-state index contributed by atoms with van der Waals surface area (Å²) in [5, 5.41) is 14.4. The van der Waals surface area contributed by atoms with E-state index in [2.05, 4.69) is 10.3 Å². The van der Waals surface area contributed by atoms with Gasteiger partial charge in [-0.15, -0.1) is 0 Å². The summed E-state index contributed by atoms with van der Waals surface area (Å²) in [6.45, 7) is 0.223. The fraction of sp³-hybridized carbons (Fsp3) is 0.158. The molecule has 0 saturated heterocycles. The molecule has 1 aliphatic rings. The van der Waals surface area contributed by atoms with E-state index in [-0.39, 0.29) is 6.54 Å². The Hall–Kier alpha value is -2.70. The lowest BCUT2D eigenvalue weighted by Crippen LogP contribution is -2.44. The molecular formula is C19H15Cl2N3O3. The molecule has 6 nitrogen and oxygen atoms in total. The maximum absolute atomic E-state index is 13.0. The van der Waals surface area contributed by atoms with Crippen molar-refractivity contribution in [3.63, 3.8) is 0 Å². The predicted octanol–water partition coefficient (Wildman–Crippen LogP) is 4.69. The Morgan fingerprint density at radius 3 is 2.52 bits per heavy atom. The molecule has 2 amide bonds. The first-order chi connectivity index (χ1) is 12.9. The lowest BCUT2D eigenvalue weighted by Gasteiger charge is -2.32. The Morgan fingerprint density at radius 2 is 1.81 bits per heavy atom. The van der Waals surface area contributed by atoms with Crippen molar-refractivity contribution in [2.45, 2.75) is 12.5 Å². The average Bonchev–Trinajstić information content (AvgIpc) is 3.00. The molecule has 1 unspecified atom stereocenters. The van der Waals surface area contributed by atoms with Crippen LogP contribution in [0.2, 0.25) is 10.0 Å². The zero-order chi connectivity index (χ0) is 19.1. The number of nitrogens with one attached hydrogen (secondary N) is 2. The molecule has 1 aromatic heterocycles. The molecule has 1 atom stereocenters. The molecule has 0 radical (unpaired) electrons. The van der Waals surface area contributed by atoms with Gasteiger partial charge in [0.25, 0.3) is 5.91 Å². The number of carbonyl (C=O) groups excluding carboxylic acids is 1. The number of carbonyl (C=O) groups is 2. The van der Waals surface area contributed by atoms with Crippen LogP contribution >= 0.6 is 23.2 Å². The molecule has 2 heterocycles. The Kier molecular flexibility index (Phi) is 4.45. The summed E-state index contributed by atoms with van der Waals surface area (Å²) >= 11 is 12.0. The summed E-state index contributed by atoms with van der Waals surface area (Å²) in [6, 6.07) is 11.1. The third-order valence-electron chi connectivity index (χ3n) is 4.69. The number of H-pyrrole nitrogens is 1. The second-order valence-corrected chi connectivity index (χ2v) is 7.20. The number of hydrogen-bond acceptors (Lipinski definition) is 2. The number of aromatic amines is 1. The van der Waals surface area contributed by atoms with E-state index in [1.807, 2.05) is 12.1 Å². The number of fused-ring (bicyclic) bond motifs is 3. The minimum atomic E-state index is -1.14. The first-order valence-electron chi connectivity index (χ1n) is 8.30. The van der Waals surface area contributed by atoms with Gasteiger partial charge in [-0.1, -0.05) is 23.2 Å². The molecule has 4 rings (SSSR count). The molecule has 3 aromatic rings. The number of rotatable bonds is 2. The van der Waals surface area contributed by atoms with Gasteiger partial charge in [-0.25, -0.2) is 4.79 Å². The number of amides is 2. The Morgan fingerprint density at radius 1 is 1.11 bits per heavy atom. The van der Waals surface area contributed by atoms with Crippen LogP contribution in [0.1, 0.15) is 17.3 Å². The van der Waals surface area contributed by atoms with Gasteiger partial charge in [0.1, 0.15) is 0 Å². The van der Waals surface area contributed by atoms with E-state index in [4.69, 9.17) is 23.2 Å². The van der Waals surface area contributed by atoms with Crippen molar-refractivity contribution in [2.75, 3.05) is 11.9 Å². The van der Waals surface area contributed by atoms with Gasteiger partial charge in [0.2, 0.25) is 0 Å². The first kappa shape index (κ1) is 17.7. The number of hydrogen-bond donors (Lipinski definition) is 3. The lowest BCUT2D eigenvalue weighted by atomic mass is 9.97. The molecule has 1 aliphatic heterocycles. The maximum atomic E-state index is 13.0. The molecule has 2 aromatic carbocycles. The van der Waals surface area contributed by atoms with E-state index in [0.29, 0.717) is 27.8 Å². The van der Waals surface area contributed by atoms with Crippen LogP contribution in [0.5, 0.6) is 0 Å². The van der Waals surface area contributed by atoms with Crippen LogP contribution in [0.3, 0.4) is 0 Å². The normalized spacial score (nSPS) is 16.2. The molecule has 0 fully saturated rings. The largest absolute Gasteiger partial charge is 0.465 e. The topological polar surface area (TPSA) is 85.4 Å². The molecule has 0 bridgehead atoms. The Labute approximate surface area is 164 Å². The van der Waals surface area contributed by atoms with Crippen molar-refractivity contribution in [2.24, 2.45) is 0 Å². The van der Waals surface area contributed by atoms with Crippen molar-refractivity contribution in [3.8, 4) is 0 Å². The minimum Gasteiger partial charge on any atom is -0.465 e. The highest BCUT2D eigenvalue weighted by molar-refractivity contribution is 6.31. The SMILES string of the molecule is O=C(Nc1ccc(Cl)cc1)C1c2[nH]c3ccc(Cl)cc3c2CCN1C(=O)O. The van der Waals surface area contributed by atoms with Gasteiger partial charge in [-0.2, -0.15) is 0 Å². The van der Waals surface area contributed by atoms with Crippen molar-refractivity contribution < 1.29 is 14.7 Å². The highest BCUT2D eigenvalue weighted by atomic mass is 35.5. The summed E-state index contributed by atoms with van der Waals surface area (Å²) < 4.78 is 0. The Bertz CT molecular complexity index is 1050. The zero-order valence-electron chi connectivity index (χ0n) is 14.0. The second kappa shape index (κ2) is 6.79. The van der Waals surface area contributed by atoms with E-state index in [1.165, 1.54) is 0 Å². The molecule has 8 heteroatoms. The standard InChI is InChI=1S/C19H15Cl2N3O3/c20-10-1-4-12(5-2-10)22-18(25)17-16-13(7-8-24(17)19(26)27)14-9-11(21)3-6-15(14)23-16/h1-6,9,17,23H,7-8H2,(H,22,25)(H,26,27). The molecule has 0 spiro atoms. The van der Waals surface area contributed by atoms with Crippen LogP contribution in [0.4, 0.5) is 10.5 Å². The van der Waals surface area contributed by atoms with Crippen LogP contribution in [-0.2, 0) is 11.2 Å². The van der Waals surface area contributed by atoms with E-state index in [9.17, 15) is 14.7 Å². The third-order valence-corrected chi connectivity index (χ3v) is 5.18. The monoisotopic (exact) mass is 403 g/mol. The molecule has 138 valence electrons. The first-order valence-corrected chi connectivity index (χ1v) is 9.05. The van der Waals surface area contributed by atoms with Crippen molar-refractivity contribution in [1.82, 2.24) is 9.88 Å². The van der Waals surface area contributed by atoms with Gasteiger partial charge in [0.05, 0.1) is 5.69 Å². The summed E-state index contributed by atoms with van der Waals surface area (Å²) in [5.41, 5.74) is 2.86. The van der Waals surface area contributed by atoms with Crippen LogP contribution in [0.15, 0.2) is 42.5 Å². The minimum absolute atomic E-state index is 0.223. The number of carboxylic acid groups (broad SMARTS) is 1. The number of aromatic nitrogens is 1. The predicted molar refractivity (Wildman–Crippen MR) is 105 cm³/mol. The summed E-state index contributed by atoms with van der Waals surface area (Å²) in [5.74, 6) is -0.432. The van der Waals surface area contributed by atoms with Gasteiger partial charge in [-0.05, 0) is 54.4 Å². The van der Waals surface area contributed by atoms with Crippen LogP contribution < -0.4 is 5.32 Å². The van der Waals surface area contributed by atoms with Gasteiger partial charge < -0.3 is 15.4 Å². The average molecular weight is 404 g/mol. The lowest BCUT2D eigenvalue weighted by molar-refractivity contribution is -0.121. The van der Waals surface area contributed by atoms with Crippen molar-refractivity contribution in [1.29, 1.82) is 0 Å². The fourth-order valence-corrected chi connectivity index (χ4v) is 3.78. The van der Waals surface area contributed by atoms with Crippen LogP contribution in [0, 0.1) is 0 Å². The van der Waals surface area contributed by atoms with Crippen molar-refractivity contribution >= 4 is 51.8 Å². The highest BCUT2D eigenvalue weighted by Crippen LogP contribution is 2.36. The number of halogens is 2. The Balaban J connectivity index is 1.76. The van der Waals surface area contributed by atoms with Gasteiger partial charge in [0.15, 0.2) is 6.04 Å². The summed E-state index contributed by atoms with van der Waals surface area (Å²) in [7, 11) is 0. The second-order valence-electron chi connectivity index (χ2n) is 6.33. The highest BCUT2D eigenvalue weighted by Gasteiger charge is 2.38. The number of benzene rings is 2.